The van der Waals surface area contributed by atoms with E-state index in [9.17, 15) is 9.59 Å². The van der Waals surface area contributed by atoms with Crippen LogP contribution in [0.1, 0.15) is 12.8 Å². The highest BCUT2D eigenvalue weighted by Gasteiger charge is 2.15. The van der Waals surface area contributed by atoms with Crippen molar-refractivity contribution in [1.82, 2.24) is 0 Å². The summed E-state index contributed by atoms with van der Waals surface area (Å²) in [5.74, 6) is -0.704. The topological polar surface area (TPSA) is 84.7 Å². The minimum Gasteiger partial charge on any atom is -0.468 e. The number of rotatable bonds is 7. The number of esters is 1. The Balaban J connectivity index is 1.90. The Labute approximate surface area is 147 Å². The van der Waals surface area contributed by atoms with Gasteiger partial charge >= 0.3 is 5.97 Å². The first-order valence-electron chi connectivity index (χ1n) is 8.03. The molecule has 0 aromatic heterocycles. The number of para-hydroxylation sites is 1. The molecule has 0 unspecified atom stereocenters. The van der Waals surface area contributed by atoms with Crippen molar-refractivity contribution in [2.24, 2.45) is 5.73 Å². The van der Waals surface area contributed by atoms with Gasteiger partial charge in [-0.25, -0.2) is 0 Å². The maximum absolute atomic E-state index is 11.9. The zero-order valence-electron chi connectivity index (χ0n) is 14.4. The first-order valence-corrected chi connectivity index (χ1v) is 8.03. The number of nitrogens with two attached hydrogens (primary N) is 1. The molecule has 2 aromatic carbocycles. The number of nitrogens with one attached hydrogen (secondary N) is 1. The van der Waals surface area contributed by atoms with Gasteiger partial charge in [-0.15, -0.1) is 0 Å². The summed E-state index contributed by atoms with van der Waals surface area (Å²) in [5.41, 5.74) is 8.40. The van der Waals surface area contributed by atoms with Crippen LogP contribution < -0.4 is 16.0 Å². The molecule has 6 nitrogen and oxygen atoms in total. The molecule has 6 heteroatoms. The fourth-order valence-electron chi connectivity index (χ4n) is 2.35. The summed E-state index contributed by atoms with van der Waals surface area (Å²) in [6.07, 6.45) is 0.398. The van der Waals surface area contributed by atoms with Gasteiger partial charge in [-0.2, -0.15) is 0 Å². The van der Waals surface area contributed by atoms with Gasteiger partial charge in [-0.3, -0.25) is 9.59 Å². The van der Waals surface area contributed by atoms with E-state index in [0.717, 1.165) is 11.4 Å². The molecule has 1 atom stereocenters. The van der Waals surface area contributed by atoms with Crippen molar-refractivity contribution in [2.75, 3.05) is 24.4 Å². The molecule has 1 amide bonds. The Bertz CT molecular complexity index is 702. The van der Waals surface area contributed by atoms with Gasteiger partial charge in [0.2, 0.25) is 5.91 Å². The number of hydrogen-bond acceptors (Lipinski definition) is 5. The first kappa shape index (κ1) is 18.5. The van der Waals surface area contributed by atoms with Gasteiger partial charge in [0.15, 0.2) is 0 Å². The number of benzene rings is 2. The molecule has 0 radical (unpaired) electrons. The van der Waals surface area contributed by atoms with Crippen LogP contribution in [-0.4, -0.2) is 32.1 Å². The molecule has 25 heavy (non-hydrogen) atoms. The summed E-state index contributed by atoms with van der Waals surface area (Å²) in [6, 6.07) is 16.8. The van der Waals surface area contributed by atoms with Crippen molar-refractivity contribution >= 4 is 28.9 Å². The van der Waals surface area contributed by atoms with E-state index in [1.807, 2.05) is 61.6 Å². The molecule has 0 spiro atoms. The smallest absolute Gasteiger partial charge is 0.322 e. The highest BCUT2D eigenvalue weighted by atomic mass is 16.5. The molecule has 0 bridgehead atoms. The van der Waals surface area contributed by atoms with E-state index in [4.69, 9.17) is 5.73 Å². The zero-order valence-corrected chi connectivity index (χ0v) is 14.4. The maximum atomic E-state index is 11.9. The largest absolute Gasteiger partial charge is 0.468 e. The molecule has 0 aliphatic heterocycles. The number of hydrogen-bond donors (Lipinski definition) is 2. The molecular weight excluding hydrogens is 318 g/mol. The highest BCUT2D eigenvalue weighted by molar-refractivity contribution is 5.91. The molecule has 3 N–H and O–H groups in total. The van der Waals surface area contributed by atoms with Crippen molar-refractivity contribution in [3.05, 3.63) is 54.6 Å². The maximum Gasteiger partial charge on any atom is 0.322 e. The predicted octanol–water partition coefficient (Wildman–Crippen LogP) is 2.67. The van der Waals surface area contributed by atoms with Crippen LogP contribution in [-0.2, 0) is 14.3 Å². The van der Waals surface area contributed by atoms with E-state index in [2.05, 4.69) is 15.0 Å². The van der Waals surface area contributed by atoms with Crippen LogP contribution >= 0.6 is 0 Å². The van der Waals surface area contributed by atoms with E-state index in [1.54, 1.807) is 0 Å². The number of amides is 1. The van der Waals surface area contributed by atoms with Gasteiger partial charge in [0.05, 0.1) is 7.11 Å². The molecule has 0 saturated heterocycles. The van der Waals surface area contributed by atoms with E-state index >= 15 is 0 Å². The number of methoxy groups -OCH3 is 1. The number of carbonyl (C=O) groups excluding carboxylic acids is 2. The number of ether oxygens (including phenoxy) is 1. The molecule has 132 valence electrons. The fraction of sp³-hybridized carbons (Fsp3) is 0.263. The average molecular weight is 341 g/mol. The van der Waals surface area contributed by atoms with Gasteiger partial charge in [0.25, 0.3) is 0 Å². The Morgan fingerprint density at radius 2 is 1.68 bits per heavy atom. The molecule has 2 rings (SSSR count). The molecule has 0 heterocycles. The Hall–Kier alpha value is -2.86. The van der Waals surface area contributed by atoms with Gasteiger partial charge < -0.3 is 20.7 Å². The summed E-state index contributed by atoms with van der Waals surface area (Å²) < 4.78 is 4.53. The van der Waals surface area contributed by atoms with E-state index < -0.39 is 12.0 Å². The molecular formula is C19H23N3O3. The van der Waals surface area contributed by atoms with Crippen LogP contribution in [0.2, 0.25) is 0 Å². The van der Waals surface area contributed by atoms with Crippen molar-refractivity contribution in [2.45, 2.75) is 18.9 Å². The Morgan fingerprint density at radius 3 is 2.28 bits per heavy atom. The van der Waals surface area contributed by atoms with Crippen LogP contribution in [0.15, 0.2) is 54.6 Å². The SMILES string of the molecule is COC(=O)[C@@H](N)CCC(=O)Nc1ccc(N(C)c2ccccc2)cc1. The lowest BCUT2D eigenvalue weighted by atomic mass is 10.1. The fourth-order valence-corrected chi connectivity index (χ4v) is 2.35. The average Bonchev–Trinajstić information content (AvgIpc) is 2.66. The first-order chi connectivity index (χ1) is 12.0. The minimum absolute atomic E-state index is 0.155. The van der Waals surface area contributed by atoms with Gasteiger partial charge in [0.1, 0.15) is 6.04 Å². The Kier molecular flexibility index (Phi) is 6.54. The van der Waals surface area contributed by atoms with Gasteiger partial charge in [-0.1, -0.05) is 18.2 Å². The number of anilines is 3. The van der Waals surface area contributed by atoms with Crippen LogP contribution in [0.5, 0.6) is 0 Å². The van der Waals surface area contributed by atoms with E-state index in [0.29, 0.717) is 5.69 Å². The summed E-state index contributed by atoms with van der Waals surface area (Å²) >= 11 is 0. The van der Waals surface area contributed by atoms with Crippen LogP contribution in [0.4, 0.5) is 17.1 Å². The quantitative estimate of drug-likeness (QED) is 0.756. The highest BCUT2D eigenvalue weighted by Crippen LogP contribution is 2.24. The van der Waals surface area contributed by atoms with Crippen molar-refractivity contribution < 1.29 is 14.3 Å². The van der Waals surface area contributed by atoms with Crippen molar-refractivity contribution in [3.8, 4) is 0 Å². The normalized spacial score (nSPS) is 11.5. The van der Waals surface area contributed by atoms with Crippen molar-refractivity contribution in [1.29, 1.82) is 0 Å². The van der Waals surface area contributed by atoms with Gasteiger partial charge in [-0.05, 0) is 42.8 Å². The molecule has 0 aliphatic carbocycles. The lowest BCUT2D eigenvalue weighted by molar-refractivity contribution is -0.142. The third-order valence-electron chi connectivity index (χ3n) is 3.87. The van der Waals surface area contributed by atoms with E-state index in [1.165, 1.54) is 7.11 Å². The molecule has 2 aromatic rings. The zero-order chi connectivity index (χ0) is 18.2. The molecule has 0 fully saturated rings. The summed E-state index contributed by atoms with van der Waals surface area (Å²) in [6.45, 7) is 0. The summed E-state index contributed by atoms with van der Waals surface area (Å²) in [7, 11) is 3.26. The van der Waals surface area contributed by atoms with Gasteiger partial charge in [0, 0.05) is 30.5 Å². The second-order valence-electron chi connectivity index (χ2n) is 5.66. The third kappa shape index (κ3) is 5.32. The second-order valence-corrected chi connectivity index (χ2v) is 5.66. The third-order valence-corrected chi connectivity index (χ3v) is 3.87. The molecule has 0 saturated carbocycles. The minimum atomic E-state index is -0.780. The standard InChI is InChI=1S/C19H23N3O3/c1-22(15-6-4-3-5-7-15)16-10-8-14(9-11-16)21-18(23)13-12-17(20)19(24)25-2/h3-11,17H,12-13,20H2,1-2H3,(H,21,23)/t17-/m0/s1. The van der Waals surface area contributed by atoms with E-state index in [-0.39, 0.29) is 18.7 Å². The van der Waals surface area contributed by atoms with Crippen LogP contribution in [0.3, 0.4) is 0 Å². The Morgan fingerprint density at radius 1 is 1.08 bits per heavy atom. The summed E-state index contributed by atoms with van der Waals surface area (Å²) in [5, 5.41) is 2.80. The number of carbonyl (C=O) groups is 2. The predicted molar refractivity (Wildman–Crippen MR) is 98.8 cm³/mol. The lowest BCUT2D eigenvalue weighted by Gasteiger charge is -2.19. The lowest BCUT2D eigenvalue weighted by Crippen LogP contribution is -2.32. The monoisotopic (exact) mass is 341 g/mol. The van der Waals surface area contributed by atoms with Crippen LogP contribution in [0.25, 0.3) is 0 Å². The number of nitrogens with zero attached hydrogens (tertiary/aromatic N) is 1. The summed E-state index contributed by atoms with van der Waals surface area (Å²) in [4.78, 5) is 25.2. The second kappa shape index (κ2) is 8.84. The van der Waals surface area contributed by atoms with Crippen molar-refractivity contribution in [3.63, 3.8) is 0 Å². The molecule has 0 aliphatic rings. The van der Waals surface area contributed by atoms with Crippen LogP contribution in [0, 0.1) is 0 Å².